The predicted octanol–water partition coefficient (Wildman–Crippen LogP) is -0.229. The molecular formula is C13H14N4O4. The van der Waals surface area contributed by atoms with Crippen molar-refractivity contribution in [2.45, 2.75) is 25.9 Å². The molecule has 2 rings (SSSR count). The van der Waals surface area contributed by atoms with Gasteiger partial charge in [-0.1, -0.05) is 17.3 Å². The molecule has 0 saturated carbocycles. The maximum absolute atomic E-state index is 12.1. The number of amides is 1. The Hall–Kier alpha value is -2.77. The summed E-state index contributed by atoms with van der Waals surface area (Å²) in [5.74, 6) is -1.59. The second-order valence-electron chi connectivity index (χ2n) is 4.51. The fraction of sp³-hybridized carbons (Fsp3) is 0.308. The molecule has 0 radical (unpaired) electrons. The molecule has 0 saturated heterocycles. The van der Waals surface area contributed by atoms with E-state index in [-0.39, 0.29) is 18.5 Å². The SMILES string of the molecule is C[C@H](NC(=O)CCn1nnc2ccccc2c1=O)C(=O)O. The van der Waals surface area contributed by atoms with E-state index in [2.05, 4.69) is 15.6 Å². The van der Waals surface area contributed by atoms with E-state index >= 15 is 0 Å². The number of aromatic nitrogens is 3. The van der Waals surface area contributed by atoms with Crippen LogP contribution in [0.15, 0.2) is 29.1 Å². The largest absolute Gasteiger partial charge is 0.480 e. The molecule has 0 unspecified atom stereocenters. The smallest absolute Gasteiger partial charge is 0.325 e. The Bertz CT molecular complexity index is 740. The van der Waals surface area contributed by atoms with Crippen LogP contribution in [0.3, 0.4) is 0 Å². The molecule has 110 valence electrons. The van der Waals surface area contributed by atoms with Gasteiger partial charge in [0, 0.05) is 6.42 Å². The summed E-state index contributed by atoms with van der Waals surface area (Å²) in [5.41, 5.74) is 0.155. The van der Waals surface area contributed by atoms with Crippen LogP contribution in [0.5, 0.6) is 0 Å². The van der Waals surface area contributed by atoms with Gasteiger partial charge in [-0.25, -0.2) is 4.68 Å². The summed E-state index contributed by atoms with van der Waals surface area (Å²) in [4.78, 5) is 34.3. The average molecular weight is 290 g/mol. The van der Waals surface area contributed by atoms with Gasteiger partial charge < -0.3 is 10.4 Å². The number of carbonyl (C=O) groups excluding carboxylic acids is 1. The minimum absolute atomic E-state index is 0.0365. The molecule has 21 heavy (non-hydrogen) atoms. The molecule has 1 aromatic heterocycles. The lowest BCUT2D eigenvalue weighted by Gasteiger charge is -2.09. The van der Waals surface area contributed by atoms with Crippen LogP contribution >= 0.6 is 0 Å². The van der Waals surface area contributed by atoms with Crippen molar-refractivity contribution in [1.29, 1.82) is 0 Å². The van der Waals surface area contributed by atoms with E-state index in [1.807, 2.05) is 0 Å². The van der Waals surface area contributed by atoms with E-state index in [0.29, 0.717) is 10.9 Å². The Morgan fingerprint density at radius 3 is 2.81 bits per heavy atom. The number of carbonyl (C=O) groups is 2. The topological polar surface area (TPSA) is 114 Å². The van der Waals surface area contributed by atoms with Gasteiger partial charge in [0.15, 0.2) is 0 Å². The summed E-state index contributed by atoms with van der Waals surface area (Å²) < 4.78 is 1.09. The van der Waals surface area contributed by atoms with Crippen molar-refractivity contribution in [3.8, 4) is 0 Å². The highest BCUT2D eigenvalue weighted by Gasteiger charge is 2.14. The third kappa shape index (κ3) is 3.41. The third-order valence-electron chi connectivity index (χ3n) is 2.93. The van der Waals surface area contributed by atoms with Gasteiger partial charge >= 0.3 is 5.97 Å². The zero-order chi connectivity index (χ0) is 15.4. The minimum atomic E-state index is -1.12. The van der Waals surface area contributed by atoms with Gasteiger partial charge in [-0.15, -0.1) is 5.10 Å². The first-order valence-corrected chi connectivity index (χ1v) is 6.34. The van der Waals surface area contributed by atoms with Gasteiger partial charge in [0.25, 0.3) is 5.56 Å². The first kappa shape index (κ1) is 14.6. The number of hydrogen-bond donors (Lipinski definition) is 2. The van der Waals surface area contributed by atoms with Crippen LogP contribution in [0.4, 0.5) is 0 Å². The fourth-order valence-corrected chi connectivity index (χ4v) is 1.75. The monoisotopic (exact) mass is 290 g/mol. The molecular weight excluding hydrogens is 276 g/mol. The Kier molecular flexibility index (Phi) is 4.27. The number of aryl methyl sites for hydroxylation is 1. The summed E-state index contributed by atoms with van der Waals surface area (Å²) in [6.07, 6.45) is -0.0510. The summed E-state index contributed by atoms with van der Waals surface area (Å²) >= 11 is 0. The highest BCUT2D eigenvalue weighted by atomic mass is 16.4. The van der Waals surface area contributed by atoms with Gasteiger partial charge in [-0.2, -0.15) is 0 Å². The first-order valence-electron chi connectivity index (χ1n) is 6.34. The molecule has 0 fully saturated rings. The van der Waals surface area contributed by atoms with Crippen LogP contribution in [-0.2, 0) is 16.1 Å². The molecule has 2 N–H and O–H groups in total. The lowest BCUT2D eigenvalue weighted by Crippen LogP contribution is -2.39. The number of benzene rings is 1. The van der Waals surface area contributed by atoms with Gasteiger partial charge in [0.1, 0.15) is 11.6 Å². The summed E-state index contributed by atoms with van der Waals surface area (Å²) in [6.45, 7) is 1.40. The van der Waals surface area contributed by atoms with Gasteiger partial charge in [0.05, 0.1) is 11.9 Å². The summed E-state index contributed by atoms with van der Waals surface area (Å²) in [6, 6.07) is 5.81. The number of nitrogens with one attached hydrogen (secondary N) is 1. The predicted molar refractivity (Wildman–Crippen MR) is 73.7 cm³/mol. The molecule has 0 aliphatic heterocycles. The van der Waals surface area contributed by atoms with Gasteiger partial charge in [-0.05, 0) is 19.1 Å². The van der Waals surface area contributed by atoms with Crippen molar-refractivity contribution >= 4 is 22.8 Å². The van der Waals surface area contributed by atoms with E-state index in [1.165, 1.54) is 6.92 Å². The fourth-order valence-electron chi connectivity index (χ4n) is 1.75. The number of rotatable bonds is 5. The van der Waals surface area contributed by atoms with Crippen molar-refractivity contribution in [2.75, 3.05) is 0 Å². The first-order chi connectivity index (χ1) is 9.99. The van der Waals surface area contributed by atoms with E-state index in [0.717, 1.165) is 4.68 Å². The third-order valence-corrected chi connectivity index (χ3v) is 2.93. The standard InChI is InChI=1S/C13H14N4O4/c1-8(13(20)21)14-11(18)6-7-17-12(19)9-4-2-3-5-10(9)15-16-17/h2-5,8H,6-7H2,1H3,(H,14,18)(H,20,21)/t8-/m0/s1. The van der Waals surface area contributed by atoms with Crippen LogP contribution in [0.2, 0.25) is 0 Å². The quantitative estimate of drug-likeness (QED) is 0.786. The highest BCUT2D eigenvalue weighted by molar-refractivity contribution is 5.83. The molecule has 0 aliphatic carbocycles. The van der Waals surface area contributed by atoms with Crippen LogP contribution in [0, 0.1) is 0 Å². The molecule has 1 aromatic carbocycles. The Balaban J connectivity index is 2.07. The number of aliphatic carboxylic acids is 1. The molecule has 0 spiro atoms. The second-order valence-corrected chi connectivity index (χ2v) is 4.51. The molecule has 8 nitrogen and oxygen atoms in total. The number of carboxylic acids is 1. The van der Waals surface area contributed by atoms with E-state index in [9.17, 15) is 14.4 Å². The van der Waals surface area contributed by atoms with Crippen LogP contribution in [0.25, 0.3) is 10.9 Å². The highest BCUT2D eigenvalue weighted by Crippen LogP contribution is 2.03. The van der Waals surface area contributed by atoms with Crippen molar-refractivity contribution in [2.24, 2.45) is 0 Å². The zero-order valence-electron chi connectivity index (χ0n) is 11.3. The number of fused-ring (bicyclic) bond motifs is 1. The van der Waals surface area contributed by atoms with Gasteiger partial charge in [0.2, 0.25) is 5.91 Å². The van der Waals surface area contributed by atoms with Crippen molar-refractivity contribution in [3.05, 3.63) is 34.6 Å². The average Bonchev–Trinajstić information content (AvgIpc) is 2.46. The molecule has 0 aliphatic rings. The zero-order valence-corrected chi connectivity index (χ0v) is 11.3. The lowest BCUT2D eigenvalue weighted by atomic mass is 10.2. The second kappa shape index (κ2) is 6.12. The van der Waals surface area contributed by atoms with Crippen molar-refractivity contribution in [3.63, 3.8) is 0 Å². The number of carboxylic acid groups (broad SMARTS) is 1. The molecule has 1 amide bonds. The molecule has 1 heterocycles. The molecule has 1 atom stereocenters. The van der Waals surface area contributed by atoms with Crippen LogP contribution < -0.4 is 10.9 Å². The van der Waals surface area contributed by atoms with Crippen LogP contribution in [-0.4, -0.2) is 38.0 Å². The normalized spacial score (nSPS) is 12.0. The number of nitrogens with zero attached hydrogens (tertiary/aromatic N) is 3. The maximum Gasteiger partial charge on any atom is 0.325 e. The molecule has 0 bridgehead atoms. The maximum atomic E-state index is 12.1. The van der Waals surface area contributed by atoms with Gasteiger partial charge in [-0.3, -0.25) is 14.4 Å². The minimum Gasteiger partial charge on any atom is -0.480 e. The van der Waals surface area contributed by atoms with E-state index in [4.69, 9.17) is 5.11 Å². The Labute approximate surface area is 119 Å². The molecule has 8 heteroatoms. The Morgan fingerprint density at radius 2 is 2.10 bits per heavy atom. The lowest BCUT2D eigenvalue weighted by molar-refractivity contribution is -0.141. The number of hydrogen-bond acceptors (Lipinski definition) is 5. The van der Waals surface area contributed by atoms with Crippen molar-refractivity contribution < 1.29 is 14.7 Å². The van der Waals surface area contributed by atoms with E-state index in [1.54, 1.807) is 24.3 Å². The van der Waals surface area contributed by atoms with Crippen molar-refractivity contribution in [1.82, 2.24) is 20.3 Å². The summed E-state index contributed by atoms with van der Waals surface area (Å²) in [7, 11) is 0. The summed E-state index contributed by atoms with van der Waals surface area (Å²) in [5, 5.41) is 19.1. The van der Waals surface area contributed by atoms with Crippen LogP contribution in [0.1, 0.15) is 13.3 Å². The Morgan fingerprint density at radius 1 is 1.38 bits per heavy atom. The molecule has 2 aromatic rings. The van der Waals surface area contributed by atoms with E-state index < -0.39 is 17.9 Å².